The number of hydrogen-bond acceptors (Lipinski definition) is 2. The number of nitrogens with one attached hydrogen (secondary N) is 2. The molecule has 2 aliphatic heterocycles. The Morgan fingerprint density at radius 3 is 2.23 bits per heavy atom. The Bertz CT molecular complexity index is 947. The molecular formula is C25H31N3O2+2. The van der Waals surface area contributed by atoms with Crippen LogP contribution in [0.4, 0.5) is 5.69 Å². The summed E-state index contributed by atoms with van der Waals surface area (Å²) in [7, 11) is 0. The standard InChI is InChI=1S/C25H29N3O2/c1-18-6-9-21(10-7-18)28-24(29)17-23(25(28)30)27-14-12-26(13-15-27)22-11-8-19-4-2-3-5-20(19)16-22/h2-7,9-10,22-23H,8,11-17H2,1H3/p+2/t22-,23-/m0/s1. The Balaban J connectivity index is 1.21. The second kappa shape index (κ2) is 7.97. The first-order chi connectivity index (χ1) is 14.6. The van der Waals surface area contributed by atoms with E-state index in [-0.39, 0.29) is 17.9 Å². The van der Waals surface area contributed by atoms with Gasteiger partial charge in [-0.05, 0) is 36.6 Å². The third-order valence-corrected chi connectivity index (χ3v) is 7.39. The van der Waals surface area contributed by atoms with Crippen LogP contribution in [-0.4, -0.2) is 50.1 Å². The van der Waals surface area contributed by atoms with Crippen molar-refractivity contribution in [3.8, 4) is 0 Å². The van der Waals surface area contributed by atoms with Gasteiger partial charge < -0.3 is 9.80 Å². The molecule has 1 aliphatic carbocycles. The van der Waals surface area contributed by atoms with E-state index in [4.69, 9.17) is 0 Å². The summed E-state index contributed by atoms with van der Waals surface area (Å²) in [6.45, 7) is 6.13. The van der Waals surface area contributed by atoms with Crippen molar-refractivity contribution in [2.45, 2.75) is 44.7 Å². The SMILES string of the molecule is Cc1ccc(N2C(=O)C[C@H]([NH+]3CC[NH+]([C@H]4CCc5ccccc5C4)CC3)C2=O)cc1. The molecule has 2 aromatic carbocycles. The summed E-state index contributed by atoms with van der Waals surface area (Å²) in [6, 6.07) is 17.0. The summed E-state index contributed by atoms with van der Waals surface area (Å²) in [5.41, 5.74) is 4.87. The van der Waals surface area contributed by atoms with Crippen molar-refractivity contribution in [1.82, 2.24) is 0 Å². The number of piperazine rings is 1. The van der Waals surface area contributed by atoms with E-state index >= 15 is 0 Å². The van der Waals surface area contributed by atoms with E-state index in [0.29, 0.717) is 18.2 Å². The lowest BCUT2D eigenvalue weighted by molar-refractivity contribution is -1.03. The Kier molecular flexibility index (Phi) is 5.17. The van der Waals surface area contributed by atoms with Gasteiger partial charge in [0.1, 0.15) is 26.2 Å². The largest absolute Gasteiger partial charge is 0.323 e. The maximum Gasteiger partial charge on any atom is 0.292 e. The van der Waals surface area contributed by atoms with Crippen LogP contribution in [0.2, 0.25) is 0 Å². The summed E-state index contributed by atoms with van der Waals surface area (Å²) >= 11 is 0. The van der Waals surface area contributed by atoms with Gasteiger partial charge in [-0.2, -0.15) is 0 Å². The number of nitrogens with zero attached hydrogens (tertiary/aromatic N) is 1. The van der Waals surface area contributed by atoms with Crippen molar-refractivity contribution >= 4 is 17.5 Å². The molecule has 0 aromatic heterocycles. The van der Waals surface area contributed by atoms with Gasteiger partial charge in [0.25, 0.3) is 5.91 Å². The summed E-state index contributed by atoms with van der Waals surface area (Å²) < 4.78 is 0. The molecule has 0 saturated carbocycles. The third kappa shape index (κ3) is 3.57. The van der Waals surface area contributed by atoms with Crippen molar-refractivity contribution in [1.29, 1.82) is 0 Å². The average molecular weight is 406 g/mol. The van der Waals surface area contributed by atoms with Crippen LogP contribution in [0, 0.1) is 6.92 Å². The van der Waals surface area contributed by atoms with E-state index in [0.717, 1.165) is 31.7 Å². The molecule has 3 aliphatic rings. The van der Waals surface area contributed by atoms with Gasteiger partial charge in [0.15, 0.2) is 6.04 Å². The van der Waals surface area contributed by atoms with Crippen molar-refractivity contribution in [2.24, 2.45) is 0 Å². The lowest BCUT2D eigenvalue weighted by atomic mass is 9.87. The van der Waals surface area contributed by atoms with Gasteiger partial charge >= 0.3 is 0 Å². The lowest BCUT2D eigenvalue weighted by Gasteiger charge is -2.37. The first kappa shape index (κ1) is 19.5. The molecule has 2 amide bonds. The van der Waals surface area contributed by atoms with Crippen LogP contribution in [0.1, 0.15) is 29.5 Å². The normalized spacial score (nSPS) is 29.2. The fourth-order valence-corrected chi connectivity index (χ4v) is 5.61. The number of imide groups is 1. The predicted octanol–water partition coefficient (Wildman–Crippen LogP) is -0.0322. The van der Waals surface area contributed by atoms with Crippen molar-refractivity contribution in [3.63, 3.8) is 0 Å². The third-order valence-electron chi connectivity index (χ3n) is 7.39. The van der Waals surface area contributed by atoms with Crippen LogP contribution in [0.15, 0.2) is 48.5 Å². The molecule has 156 valence electrons. The number of benzene rings is 2. The van der Waals surface area contributed by atoms with Gasteiger partial charge in [0.05, 0.1) is 18.2 Å². The van der Waals surface area contributed by atoms with Gasteiger partial charge in [-0.1, -0.05) is 42.0 Å². The Labute approximate surface area is 178 Å². The van der Waals surface area contributed by atoms with Crippen LogP contribution in [0.3, 0.4) is 0 Å². The number of amides is 2. The van der Waals surface area contributed by atoms with Crippen molar-refractivity contribution in [2.75, 3.05) is 31.1 Å². The molecule has 0 unspecified atom stereocenters. The van der Waals surface area contributed by atoms with Crippen LogP contribution in [0.5, 0.6) is 0 Å². The quantitative estimate of drug-likeness (QED) is 0.705. The number of carbonyl (C=O) groups is 2. The molecule has 0 radical (unpaired) electrons. The average Bonchev–Trinajstić information content (AvgIpc) is 3.08. The predicted molar refractivity (Wildman–Crippen MR) is 116 cm³/mol. The van der Waals surface area contributed by atoms with Crippen LogP contribution < -0.4 is 14.7 Å². The number of hydrogen-bond donors (Lipinski definition) is 2. The number of aryl methyl sites for hydroxylation is 2. The number of rotatable bonds is 3. The topological polar surface area (TPSA) is 46.3 Å². The monoisotopic (exact) mass is 405 g/mol. The minimum Gasteiger partial charge on any atom is -0.323 e. The van der Waals surface area contributed by atoms with Crippen LogP contribution in [-0.2, 0) is 22.4 Å². The summed E-state index contributed by atoms with van der Waals surface area (Å²) in [4.78, 5) is 30.1. The Morgan fingerprint density at radius 2 is 1.50 bits per heavy atom. The van der Waals surface area contributed by atoms with E-state index in [2.05, 4.69) is 24.3 Å². The molecule has 30 heavy (non-hydrogen) atoms. The maximum absolute atomic E-state index is 13.1. The van der Waals surface area contributed by atoms with Crippen molar-refractivity contribution in [3.05, 3.63) is 65.2 Å². The van der Waals surface area contributed by atoms with E-state index < -0.39 is 0 Å². The zero-order chi connectivity index (χ0) is 20.7. The van der Waals surface area contributed by atoms with E-state index in [1.807, 2.05) is 31.2 Å². The van der Waals surface area contributed by atoms with E-state index in [1.54, 1.807) is 4.90 Å². The minimum absolute atomic E-state index is 0.0195. The zero-order valence-electron chi connectivity index (χ0n) is 17.7. The van der Waals surface area contributed by atoms with E-state index in [9.17, 15) is 9.59 Å². The molecule has 0 spiro atoms. The van der Waals surface area contributed by atoms with Gasteiger partial charge in [0, 0.05) is 12.8 Å². The van der Waals surface area contributed by atoms with Crippen LogP contribution in [0.25, 0.3) is 0 Å². The molecule has 2 N–H and O–H groups in total. The summed E-state index contributed by atoms with van der Waals surface area (Å²) in [5.74, 6) is -0.0751. The highest BCUT2D eigenvalue weighted by Crippen LogP contribution is 2.22. The second-order valence-corrected chi connectivity index (χ2v) is 9.18. The highest BCUT2D eigenvalue weighted by atomic mass is 16.2. The number of quaternary nitrogens is 2. The Morgan fingerprint density at radius 1 is 0.833 bits per heavy atom. The number of carbonyl (C=O) groups excluding carboxylic acids is 2. The van der Waals surface area contributed by atoms with Gasteiger partial charge in [-0.25, -0.2) is 4.90 Å². The molecular weight excluding hydrogens is 374 g/mol. The molecule has 2 fully saturated rings. The smallest absolute Gasteiger partial charge is 0.292 e. The van der Waals surface area contributed by atoms with E-state index in [1.165, 1.54) is 40.2 Å². The molecule has 0 bridgehead atoms. The van der Waals surface area contributed by atoms with Crippen molar-refractivity contribution < 1.29 is 19.4 Å². The fourth-order valence-electron chi connectivity index (χ4n) is 5.61. The molecule has 2 atom stereocenters. The zero-order valence-corrected chi connectivity index (χ0v) is 17.7. The maximum atomic E-state index is 13.1. The first-order valence-electron chi connectivity index (χ1n) is 11.3. The Hall–Kier alpha value is -2.50. The molecule has 2 heterocycles. The molecule has 5 rings (SSSR count). The summed E-state index contributed by atoms with van der Waals surface area (Å²) in [5, 5.41) is 0. The molecule has 2 saturated heterocycles. The first-order valence-corrected chi connectivity index (χ1v) is 11.3. The lowest BCUT2D eigenvalue weighted by Crippen LogP contribution is -3.31. The van der Waals surface area contributed by atoms with Crippen LogP contribution >= 0.6 is 0 Å². The molecule has 2 aromatic rings. The minimum atomic E-state index is -0.215. The fraction of sp³-hybridized carbons (Fsp3) is 0.440. The highest BCUT2D eigenvalue weighted by Gasteiger charge is 2.47. The highest BCUT2D eigenvalue weighted by molar-refractivity contribution is 6.21. The van der Waals surface area contributed by atoms with Gasteiger partial charge in [-0.3, -0.25) is 9.59 Å². The van der Waals surface area contributed by atoms with Gasteiger partial charge in [-0.15, -0.1) is 0 Å². The molecule has 5 nitrogen and oxygen atoms in total. The molecule has 5 heteroatoms. The second-order valence-electron chi connectivity index (χ2n) is 9.18. The van der Waals surface area contributed by atoms with Gasteiger partial charge in [0.2, 0.25) is 5.91 Å². The number of anilines is 1. The number of fused-ring (bicyclic) bond motifs is 1. The summed E-state index contributed by atoms with van der Waals surface area (Å²) in [6.07, 6.45) is 3.95.